The summed E-state index contributed by atoms with van der Waals surface area (Å²) in [6.45, 7) is 3.75. The molecule has 0 saturated carbocycles. The smallest absolute Gasteiger partial charge is 0.262 e. The quantitative estimate of drug-likeness (QED) is 0.900. The lowest BCUT2D eigenvalue weighted by Gasteiger charge is -2.16. The summed E-state index contributed by atoms with van der Waals surface area (Å²) in [5.74, 6) is 1.51. The monoisotopic (exact) mass is 347 g/mol. The number of pyridine rings is 1. The highest BCUT2D eigenvalue weighted by Crippen LogP contribution is 2.24. The molecule has 24 heavy (non-hydrogen) atoms. The van der Waals surface area contributed by atoms with E-state index in [0.717, 1.165) is 18.9 Å². The zero-order valence-electron chi connectivity index (χ0n) is 13.8. The number of hydrogen-bond acceptors (Lipinski definition) is 5. The molecule has 0 spiro atoms. The van der Waals surface area contributed by atoms with Crippen molar-refractivity contribution in [2.75, 3.05) is 29.8 Å². The number of methoxy groups -OCH3 is 1. The number of hydrogen-bond donors (Lipinski definition) is 1. The summed E-state index contributed by atoms with van der Waals surface area (Å²) in [7, 11) is -2.11. The number of aromatic nitrogens is 1. The highest BCUT2D eigenvalue weighted by Gasteiger charge is 2.18. The van der Waals surface area contributed by atoms with Gasteiger partial charge in [0.25, 0.3) is 10.0 Å². The Labute approximate surface area is 142 Å². The summed E-state index contributed by atoms with van der Waals surface area (Å²) >= 11 is 0. The van der Waals surface area contributed by atoms with Crippen molar-refractivity contribution in [2.24, 2.45) is 0 Å². The van der Waals surface area contributed by atoms with Crippen LogP contribution in [0.2, 0.25) is 0 Å². The van der Waals surface area contributed by atoms with Gasteiger partial charge in [0, 0.05) is 13.1 Å². The minimum absolute atomic E-state index is 0.229. The summed E-state index contributed by atoms with van der Waals surface area (Å²) < 4.78 is 32.8. The number of sulfonamides is 1. The van der Waals surface area contributed by atoms with Crippen molar-refractivity contribution < 1.29 is 13.2 Å². The number of nitrogens with one attached hydrogen (secondary N) is 1. The van der Waals surface area contributed by atoms with Gasteiger partial charge in [-0.25, -0.2) is 13.4 Å². The molecule has 0 unspecified atom stereocenters. The Morgan fingerprint density at radius 1 is 1.17 bits per heavy atom. The van der Waals surface area contributed by atoms with Crippen molar-refractivity contribution >= 4 is 21.5 Å². The van der Waals surface area contributed by atoms with Crippen molar-refractivity contribution in [1.82, 2.24) is 4.98 Å². The number of nitrogens with zero attached hydrogens (tertiary/aromatic N) is 2. The van der Waals surface area contributed by atoms with E-state index in [1.807, 2.05) is 6.07 Å². The standard InChI is InChI=1S/C17H21N3O3S/c1-13-11-15(23-2)6-7-16(13)24(21,22)19-14-5-8-17(18-12-14)20-9-3-4-10-20/h5-8,11-12,19H,3-4,9-10H2,1-2H3. The minimum atomic E-state index is -3.66. The summed E-state index contributed by atoms with van der Waals surface area (Å²) in [6, 6.07) is 8.48. The van der Waals surface area contributed by atoms with E-state index in [1.165, 1.54) is 12.8 Å². The Balaban J connectivity index is 1.79. The van der Waals surface area contributed by atoms with E-state index >= 15 is 0 Å². The molecule has 1 fully saturated rings. The van der Waals surface area contributed by atoms with Gasteiger partial charge in [-0.05, 0) is 55.7 Å². The van der Waals surface area contributed by atoms with Crippen molar-refractivity contribution in [1.29, 1.82) is 0 Å². The zero-order chi connectivity index (χ0) is 17.2. The Hall–Kier alpha value is -2.28. The third kappa shape index (κ3) is 3.46. The van der Waals surface area contributed by atoms with Gasteiger partial charge in [0.15, 0.2) is 0 Å². The normalized spacial score (nSPS) is 14.7. The predicted octanol–water partition coefficient (Wildman–Crippen LogP) is 2.80. The van der Waals surface area contributed by atoms with Gasteiger partial charge in [0.1, 0.15) is 11.6 Å². The Morgan fingerprint density at radius 2 is 1.92 bits per heavy atom. The summed E-state index contributed by atoms with van der Waals surface area (Å²) in [6.07, 6.45) is 3.91. The van der Waals surface area contributed by atoms with Crippen LogP contribution in [0.25, 0.3) is 0 Å². The topological polar surface area (TPSA) is 71.5 Å². The fourth-order valence-corrected chi connectivity index (χ4v) is 4.11. The fourth-order valence-electron chi connectivity index (χ4n) is 2.84. The van der Waals surface area contributed by atoms with Crippen LogP contribution in [0.15, 0.2) is 41.4 Å². The van der Waals surface area contributed by atoms with Crippen LogP contribution in [0.3, 0.4) is 0 Å². The molecular weight excluding hydrogens is 326 g/mol. The van der Waals surface area contributed by atoms with Crippen molar-refractivity contribution in [3.8, 4) is 5.75 Å². The maximum absolute atomic E-state index is 12.6. The minimum Gasteiger partial charge on any atom is -0.497 e. The second-order valence-electron chi connectivity index (χ2n) is 5.84. The molecule has 1 aliphatic heterocycles. The zero-order valence-corrected chi connectivity index (χ0v) is 14.6. The van der Waals surface area contributed by atoms with Crippen molar-refractivity contribution in [3.05, 3.63) is 42.1 Å². The van der Waals surface area contributed by atoms with Gasteiger partial charge in [-0.1, -0.05) is 0 Å². The van der Waals surface area contributed by atoms with Crippen LogP contribution in [0.5, 0.6) is 5.75 Å². The molecule has 2 aromatic rings. The molecule has 2 heterocycles. The lowest BCUT2D eigenvalue weighted by atomic mass is 10.2. The van der Waals surface area contributed by atoms with Crippen LogP contribution in [0.1, 0.15) is 18.4 Å². The first-order valence-corrected chi connectivity index (χ1v) is 9.36. The molecule has 0 aliphatic carbocycles. The highest BCUT2D eigenvalue weighted by molar-refractivity contribution is 7.92. The molecule has 7 heteroatoms. The largest absolute Gasteiger partial charge is 0.497 e. The van der Waals surface area contributed by atoms with Crippen LogP contribution < -0.4 is 14.4 Å². The first-order valence-electron chi connectivity index (χ1n) is 7.88. The second-order valence-corrected chi connectivity index (χ2v) is 7.49. The van der Waals surface area contributed by atoms with Crippen LogP contribution in [0.4, 0.5) is 11.5 Å². The molecule has 1 saturated heterocycles. The Morgan fingerprint density at radius 3 is 2.50 bits per heavy atom. The third-order valence-corrected chi connectivity index (χ3v) is 5.64. The lowest BCUT2D eigenvalue weighted by molar-refractivity contribution is 0.414. The highest BCUT2D eigenvalue weighted by atomic mass is 32.2. The SMILES string of the molecule is COc1ccc(S(=O)(=O)Nc2ccc(N3CCCC3)nc2)c(C)c1. The molecule has 3 rings (SSSR count). The van der Waals surface area contributed by atoms with Crippen molar-refractivity contribution in [3.63, 3.8) is 0 Å². The average molecular weight is 347 g/mol. The van der Waals surface area contributed by atoms with E-state index in [9.17, 15) is 8.42 Å². The average Bonchev–Trinajstić information content (AvgIpc) is 3.09. The maximum Gasteiger partial charge on any atom is 0.262 e. The summed E-state index contributed by atoms with van der Waals surface area (Å²) in [5.41, 5.74) is 1.08. The predicted molar refractivity (Wildman–Crippen MR) is 94.2 cm³/mol. The molecule has 128 valence electrons. The number of aryl methyl sites for hydroxylation is 1. The van der Waals surface area contributed by atoms with Crippen LogP contribution >= 0.6 is 0 Å². The van der Waals surface area contributed by atoms with E-state index in [4.69, 9.17) is 4.74 Å². The molecule has 0 amide bonds. The Bertz CT molecular complexity index is 813. The van der Waals surface area contributed by atoms with Crippen LogP contribution in [-0.4, -0.2) is 33.6 Å². The molecular formula is C17H21N3O3S. The van der Waals surface area contributed by atoms with Crippen LogP contribution in [-0.2, 0) is 10.0 Å². The molecule has 1 aromatic heterocycles. The van der Waals surface area contributed by atoms with Gasteiger partial charge >= 0.3 is 0 Å². The number of ether oxygens (including phenoxy) is 1. The summed E-state index contributed by atoms with van der Waals surface area (Å²) in [4.78, 5) is 6.80. The number of anilines is 2. The van der Waals surface area contributed by atoms with E-state index in [2.05, 4.69) is 14.6 Å². The molecule has 0 radical (unpaired) electrons. The molecule has 0 atom stereocenters. The van der Waals surface area contributed by atoms with E-state index < -0.39 is 10.0 Å². The fraction of sp³-hybridized carbons (Fsp3) is 0.353. The molecule has 6 nitrogen and oxygen atoms in total. The third-order valence-electron chi connectivity index (χ3n) is 4.10. The van der Waals surface area contributed by atoms with Gasteiger partial charge in [0.05, 0.1) is 23.9 Å². The number of benzene rings is 1. The lowest BCUT2D eigenvalue weighted by Crippen LogP contribution is -2.19. The second kappa shape index (κ2) is 6.68. The first-order chi connectivity index (χ1) is 11.5. The Kier molecular flexibility index (Phi) is 4.62. The van der Waals surface area contributed by atoms with Gasteiger partial charge in [-0.3, -0.25) is 4.72 Å². The van der Waals surface area contributed by atoms with Crippen molar-refractivity contribution in [2.45, 2.75) is 24.7 Å². The summed E-state index contributed by atoms with van der Waals surface area (Å²) in [5, 5.41) is 0. The van der Waals surface area contributed by atoms with E-state index in [0.29, 0.717) is 17.0 Å². The molecule has 0 bridgehead atoms. The molecule has 1 aliphatic rings. The van der Waals surface area contributed by atoms with Gasteiger partial charge in [-0.2, -0.15) is 0 Å². The van der Waals surface area contributed by atoms with E-state index in [-0.39, 0.29) is 4.90 Å². The van der Waals surface area contributed by atoms with Gasteiger partial charge in [0.2, 0.25) is 0 Å². The maximum atomic E-state index is 12.6. The van der Waals surface area contributed by atoms with E-state index in [1.54, 1.807) is 44.5 Å². The van der Waals surface area contributed by atoms with Gasteiger partial charge < -0.3 is 9.64 Å². The van der Waals surface area contributed by atoms with Crippen LogP contribution in [0, 0.1) is 6.92 Å². The number of rotatable bonds is 5. The molecule has 1 N–H and O–H groups in total. The molecule has 1 aromatic carbocycles. The first kappa shape index (κ1) is 16.6. The van der Waals surface area contributed by atoms with Gasteiger partial charge in [-0.15, -0.1) is 0 Å².